The molecule has 0 spiro atoms. The zero-order chi connectivity index (χ0) is 18.9. The van der Waals surface area contributed by atoms with Gasteiger partial charge in [-0.15, -0.1) is 24.0 Å². The minimum absolute atomic E-state index is 0. The SMILES string of the molecule is CCNC(=NCC(C)CN1CCN(C)CC1)N(C)Cc1cccc(Cl)c1.I. The van der Waals surface area contributed by atoms with Crippen molar-refractivity contribution in [2.75, 3.05) is 59.9 Å². The van der Waals surface area contributed by atoms with Crippen molar-refractivity contribution in [3.05, 3.63) is 34.9 Å². The van der Waals surface area contributed by atoms with Crippen molar-refractivity contribution >= 4 is 41.5 Å². The van der Waals surface area contributed by atoms with Crippen LogP contribution in [0.2, 0.25) is 5.02 Å². The maximum absolute atomic E-state index is 6.10. The molecule has 7 heteroatoms. The number of hydrogen-bond acceptors (Lipinski definition) is 3. The van der Waals surface area contributed by atoms with Crippen LogP contribution in [0.1, 0.15) is 19.4 Å². The Morgan fingerprint density at radius 1 is 1.30 bits per heavy atom. The molecule has 5 nitrogen and oxygen atoms in total. The lowest BCUT2D eigenvalue weighted by Crippen LogP contribution is -2.46. The highest BCUT2D eigenvalue weighted by Crippen LogP contribution is 2.12. The Kier molecular flexibility index (Phi) is 11.6. The van der Waals surface area contributed by atoms with Crippen LogP contribution in [-0.4, -0.2) is 80.6 Å². The molecule has 1 heterocycles. The monoisotopic (exact) mass is 507 g/mol. The number of hydrogen-bond donors (Lipinski definition) is 1. The molecule has 1 atom stereocenters. The van der Waals surface area contributed by atoms with Crippen molar-refractivity contribution in [1.82, 2.24) is 20.0 Å². The third-order valence-corrected chi connectivity index (χ3v) is 4.96. The first-order valence-corrected chi connectivity index (χ1v) is 10.0. The molecule has 0 aliphatic carbocycles. The molecule has 154 valence electrons. The van der Waals surface area contributed by atoms with Gasteiger partial charge < -0.3 is 20.0 Å². The van der Waals surface area contributed by atoms with Crippen LogP contribution >= 0.6 is 35.6 Å². The summed E-state index contributed by atoms with van der Waals surface area (Å²) in [6.45, 7) is 12.7. The van der Waals surface area contributed by atoms with E-state index in [0.29, 0.717) is 5.92 Å². The molecular formula is C20H35ClIN5. The Bertz CT molecular complexity index is 575. The molecule has 1 fully saturated rings. The standard InChI is InChI=1S/C20H34ClN5.HI/c1-5-22-20(25(4)16-18-7-6-8-19(21)13-18)23-14-17(2)15-26-11-9-24(3)10-12-26;/h6-8,13,17H,5,9-12,14-16H2,1-4H3,(H,22,23);1H. The van der Waals surface area contributed by atoms with Crippen LogP contribution in [0.15, 0.2) is 29.3 Å². The van der Waals surface area contributed by atoms with Gasteiger partial charge in [-0.25, -0.2) is 0 Å². The van der Waals surface area contributed by atoms with Crippen LogP contribution in [-0.2, 0) is 6.54 Å². The first-order valence-electron chi connectivity index (χ1n) is 9.62. The molecule has 0 amide bonds. The Morgan fingerprint density at radius 3 is 2.63 bits per heavy atom. The molecule has 0 aromatic heterocycles. The molecule has 0 bridgehead atoms. The molecule has 1 aromatic carbocycles. The van der Waals surface area contributed by atoms with Gasteiger partial charge in [0.15, 0.2) is 5.96 Å². The second-order valence-corrected chi connectivity index (χ2v) is 7.83. The minimum Gasteiger partial charge on any atom is -0.357 e. The maximum atomic E-state index is 6.10. The van der Waals surface area contributed by atoms with Crippen molar-refractivity contribution in [3.63, 3.8) is 0 Å². The quantitative estimate of drug-likeness (QED) is 0.349. The van der Waals surface area contributed by atoms with E-state index in [9.17, 15) is 0 Å². The average molecular weight is 508 g/mol. The van der Waals surface area contributed by atoms with E-state index in [0.717, 1.165) is 37.2 Å². The van der Waals surface area contributed by atoms with Gasteiger partial charge in [0.2, 0.25) is 0 Å². The van der Waals surface area contributed by atoms with Gasteiger partial charge in [0.1, 0.15) is 0 Å². The van der Waals surface area contributed by atoms with Crippen molar-refractivity contribution < 1.29 is 0 Å². The molecule has 0 saturated carbocycles. The third kappa shape index (κ3) is 8.98. The molecule has 1 N–H and O–H groups in total. The van der Waals surface area contributed by atoms with E-state index >= 15 is 0 Å². The number of guanidine groups is 1. The van der Waals surface area contributed by atoms with Gasteiger partial charge >= 0.3 is 0 Å². The number of rotatable bonds is 7. The van der Waals surface area contributed by atoms with Gasteiger partial charge in [-0.3, -0.25) is 4.99 Å². The lowest BCUT2D eigenvalue weighted by atomic mass is 10.1. The second kappa shape index (κ2) is 12.8. The predicted molar refractivity (Wildman–Crippen MR) is 127 cm³/mol. The molecule has 1 aliphatic heterocycles. The van der Waals surface area contributed by atoms with Crippen LogP contribution in [0.5, 0.6) is 0 Å². The predicted octanol–water partition coefficient (Wildman–Crippen LogP) is 3.24. The summed E-state index contributed by atoms with van der Waals surface area (Å²) < 4.78 is 0. The number of benzene rings is 1. The Hall–Kier alpha value is -0.570. The molecule has 2 rings (SSSR count). The molecule has 1 saturated heterocycles. The van der Waals surface area contributed by atoms with Gasteiger partial charge in [0.25, 0.3) is 0 Å². The maximum Gasteiger partial charge on any atom is 0.193 e. The topological polar surface area (TPSA) is 34.1 Å². The Labute approximate surface area is 187 Å². The highest BCUT2D eigenvalue weighted by Gasteiger charge is 2.16. The van der Waals surface area contributed by atoms with E-state index in [2.05, 4.69) is 54.0 Å². The van der Waals surface area contributed by atoms with Crippen molar-refractivity contribution in [2.45, 2.75) is 20.4 Å². The van der Waals surface area contributed by atoms with Crippen LogP contribution in [0.25, 0.3) is 0 Å². The fraction of sp³-hybridized carbons (Fsp3) is 0.650. The molecular weight excluding hydrogens is 473 g/mol. The van der Waals surface area contributed by atoms with Gasteiger partial charge in [-0.1, -0.05) is 30.7 Å². The van der Waals surface area contributed by atoms with E-state index in [1.54, 1.807) is 0 Å². The number of likely N-dealkylation sites (N-methyl/N-ethyl adjacent to an activating group) is 1. The largest absolute Gasteiger partial charge is 0.357 e. The fourth-order valence-electron chi connectivity index (χ4n) is 3.23. The summed E-state index contributed by atoms with van der Waals surface area (Å²) in [6, 6.07) is 8.01. The van der Waals surface area contributed by atoms with Crippen LogP contribution in [0.4, 0.5) is 0 Å². The lowest BCUT2D eigenvalue weighted by Gasteiger charge is -2.33. The first kappa shape index (κ1) is 24.5. The zero-order valence-corrected chi connectivity index (χ0v) is 20.2. The highest BCUT2D eigenvalue weighted by molar-refractivity contribution is 14.0. The van der Waals surface area contributed by atoms with Crippen molar-refractivity contribution in [2.24, 2.45) is 10.9 Å². The summed E-state index contributed by atoms with van der Waals surface area (Å²) in [5.41, 5.74) is 1.19. The number of aliphatic imine (C=N–C) groups is 1. The van der Waals surface area contributed by atoms with Crippen molar-refractivity contribution in [3.8, 4) is 0 Å². The average Bonchev–Trinajstić information content (AvgIpc) is 2.60. The number of piperazine rings is 1. The van der Waals surface area contributed by atoms with Crippen molar-refractivity contribution in [1.29, 1.82) is 0 Å². The lowest BCUT2D eigenvalue weighted by molar-refractivity contribution is 0.140. The summed E-state index contributed by atoms with van der Waals surface area (Å²) in [4.78, 5) is 12.0. The summed E-state index contributed by atoms with van der Waals surface area (Å²) in [7, 11) is 4.27. The fourth-order valence-corrected chi connectivity index (χ4v) is 3.44. The zero-order valence-electron chi connectivity index (χ0n) is 17.1. The summed E-state index contributed by atoms with van der Waals surface area (Å²) >= 11 is 6.10. The van der Waals surface area contributed by atoms with E-state index < -0.39 is 0 Å². The van der Waals surface area contributed by atoms with E-state index in [-0.39, 0.29) is 24.0 Å². The smallest absolute Gasteiger partial charge is 0.193 e. The molecule has 0 radical (unpaired) electrons. The number of nitrogens with one attached hydrogen (secondary N) is 1. The van der Waals surface area contributed by atoms with E-state index in [1.807, 2.05) is 18.2 Å². The van der Waals surface area contributed by atoms with E-state index in [4.69, 9.17) is 16.6 Å². The summed E-state index contributed by atoms with van der Waals surface area (Å²) in [6.07, 6.45) is 0. The van der Waals surface area contributed by atoms with Gasteiger partial charge in [0.05, 0.1) is 0 Å². The van der Waals surface area contributed by atoms with Crippen LogP contribution in [0.3, 0.4) is 0 Å². The summed E-state index contributed by atoms with van der Waals surface area (Å²) in [5.74, 6) is 1.50. The van der Waals surface area contributed by atoms with E-state index in [1.165, 1.54) is 31.7 Å². The summed E-state index contributed by atoms with van der Waals surface area (Å²) in [5, 5.41) is 4.18. The molecule has 1 aromatic rings. The third-order valence-electron chi connectivity index (χ3n) is 4.72. The Balaban J connectivity index is 0.00000364. The molecule has 1 unspecified atom stereocenters. The minimum atomic E-state index is 0. The Morgan fingerprint density at radius 2 is 2.00 bits per heavy atom. The van der Waals surface area contributed by atoms with Gasteiger partial charge in [0, 0.05) is 64.4 Å². The highest BCUT2D eigenvalue weighted by atomic mass is 127. The van der Waals surface area contributed by atoms with Gasteiger partial charge in [-0.05, 0) is 37.6 Å². The molecule has 1 aliphatic rings. The first-order chi connectivity index (χ1) is 12.5. The van der Waals surface area contributed by atoms with Crippen LogP contribution in [0, 0.1) is 5.92 Å². The number of halogens is 2. The van der Waals surface area contributed by atoms with Gasteiger partial charge in [-0.2, -0.15) is 0 Å². The number of nitrogens with zero attached hydrogens (tertiary/aromatic N) is 4. The molecule has 27 heavy (non-hydrogen) atoms. The second-order valence-electron chi connectivity index (χ2n) is 7.39. The normalized spacial score (nSPS) is 17.3. The van der Waals surface area contributed by atoms with Crippen LogP contribution < -0.4 is 5.32 Å².